The minimum Gasteiger partial charge on any atom is -0.456 e. The van der Waals surface area contributed by atoms with Crippen LogP contribution in [-0.2, 0) is 5.41 Å². The molecule has 4 saturated carbocycles. The summed E-state index contributed by atoms with van der Waals surface area (Å²) in [5, 5.41) is 4.84. The van der Waals surface area contributed by atoms with Gasteiger partial charge in [-0.2, -0.15) is 0 Å². The Kier molecular flexibility index (Phi) is 5.64. The Morgan fingerprint density at radius 3 is 1.80 bits per heavy atom. The van der Waals surface area contributed by atoms with Gasteiger partial charge >= 0.3 is 0 Å². The first kappa shape index (κ1) is 28.1. The van der Waals surface area contributed by atoms with E-state index in [-0.39, 0.29) is 5.41 Å². The lowest BCUT2D eigenvalue weighted by molar-refractivity contribution is -0.0398. The minimum atomic E-state index is 0.0453. The van der Waals surface area contributed by atoms with Gasteiger partial charge in [-0.1, -0.05) is 84.9 Å². The molecule has 8 aromatic rings. The molecule has 4 nitrogen and oxygen atoms in total. The van der Waals surface area contributed by atoms with Crippen molar-refractivity contribution in [1.29, 1.82) is 0 Å². The van der Waals surface area contributed by atoms with Crippen LogP contribution in [0.1, 0.15) is 43.2 Å². The van der Waals surface area contributed by atoms with Crippen LogP contribution in [0.15, 0.2) is 132 Å². The molecular formula is C47H35N3O. The molecule has 5 aliphatic carbocycles. The van der Waals surface area contributed by atoms with Crippen LogP contribution in [0.3, 0.4) is 0 Å². The maximum absolute atomic E-state index is 6.17. The van der Waals surface area contributed by atoms with Gasteiger partial charge in [-0.05, 0) is 131 Å². The van der Waals surface area contributed by atoms with Gasteiger partial charge in [0.15, 0.2) is 17.5 Å². The Balaban J connectivity index is 1.07. The first-order valence-corrected chi connectivity index (χ1v) is 18.6. The van der Waals surface area contributed by atoms with Gasteiger partial charge < -0.3 is 4.42 Å². The maximum Gasteiger partial charge on any atom is 0.164 e. The molecular weight excluding hydrogens is 623 g/mol. The predicted molar refractivity (Wildman–Crippen MR) is 204 cm³/mol. The second-order valence-corrected chi connectivity index (χ2v) is 15.7. The molecule has 1 spiro atoms. The fraction of sp³-hybridized carbons (Fsp3) is 0.213. The van der Waals surface area contributed by atoms with Crippen molar-refractivity contribution in [2.24, 2.45) is 23.7 Å². The third-order valence-electron chi connectivity index (χ3n) is 13.1. The summed E-state index contributed by atoms with van der Waals surface area (Å²) in [4.78, 5) is 15.6. The van der Waals surface area contributed by atoms with Gasteiger partial charge in [0.05, 0.1) is 0 Å². The van der Waals surface area contributed by atoms with Crippen molar-refractivity contribution in [3.8, 4) is 45.3 Å². The Morgan fingerprint density at radius 1 is 0.451 bits per heavy atom. The van der Waals surface area contributed by atoms with Crippen molar-refractivity contribution >= 4 is 32.7 Å². The maximum atomic E-state index is 6.17. The summed E-state index contributed by atoms with van der Waals surface area (Å²) in [6.45, 7) is 0. The number of hydrogen-bond donors (Lipinski definition) is 0. The fourth-order valence-corrected chi connectivity index (χ4v) is 11.2. The highest BCUT2D eigenvalue weighted by Gasteiger charge is 2.61. The van der Waals surface area contributed by atoms with E-state index in [1.54, 1.807) is 5.56 Å². The van der Waals surface area contributed by atoms with Gasteiger partial charge in [0, 0.05) is 32.9 Å². The van der Waals surface area contributed by atoms with E-state index in [2.05, 4.69) is 103 Å². The number of para-hydroxylation sites is 1. The molecule has 4 fully saturated rings. The summed E-state index contributed by atoms with van der Waals surface area (Å²) in [5.41, 5.74) is 10.7. The molecule has 0 amide bonds. The Labute approximate surface area is 296 Å². The van der Waals surface area contributed by atoms with Crippen molar-refractivity contribution in [3.63, 3.8) is 0 Å². The Bertz CT molecular complexity index is 2700. The van der Waals surface area contributed by atoms with Crippen molar-refractivity contribution in [2.45, 2.75) is 37.5 Å². The van der Waals surface area contributed by atoms with Crippen LogP contribution in [-0.4, -0.2) is 15.0 Å². The summed E-state index contributed by atoms with van der Waals surface area (Å²) < 4.78 is 6.17. The zero-order valence-corrected chi connectivity index (χ0v) is 28.2. The minimum absolute atomic E-state index is 0.0453. The number of rotatable bonds is 3. The standard InChI is InChI=1S/C47H35N3O/c1-2-8-29(9-3-1)44-48-45(32-15-17-43-39(24-32)37-12-6-7-13-42(37)51-43)50-46(49-44)33-14-16-36-38-23-30-10-4-5-11-31(30)25-41(38)47(40(36)26-33)34-19-27-18-28(21-34)22-35(47)20-27/h1-17,23-28,34-35H,18-22H2. The molecule has 0 unspecified atom stereocenters. The Morgan fingerprint density at radius 2 is 1.04 bits per heavy atom. The zero-order valence-electron chi connectivity index (χ0n) is 28.2. The third kappa shape index (κ3) is 3.93. The van der Waals surface area contributed by atoms with Crippen LogP contribution in [0.4, 0.5) is 0 Å². The smallest absolute Gasteiger partial charge is 0.164 e. The molecule has 0 aliphatic heterocycles. The van der Waals surface area contributed by atoms with Crippen LogP contribution in [0.25, 0.3) is 78.0 Å². The summed E-state index contributed by atoms with van der Waals surface area (Å²) in [6, 6.07) is 45.9. The van der Waals surface area contributed by atoms with Crippen molar-refractivity contribution in [3.05, 3.63) is 139 Å². The van der Waals surface area contributed by atoms with Gasteiger partial charge in [0.2, 0.25) is 0 Å². The van der Waals surface area contributed by atoms with E-state index in [4.69, 9.17) is 19.4 Å². The number of furan rings is 1. The van der Waals surface area contributed by atoms with E-state index >= 15 is 0 Å². The largest absolute Gasteiger partial charge is 0.456 e. The van der Waals surface area contributed by atoms with E-state index in [9.17, 15) is 0 Å². The van der Waals surface area contributed by atoms with Gasteiger partial charge in [-0.3, -0.25) is 0 Å². The molecule has 2 aromatic heterocycles. The number of hydrogen-bond acceptors (Lipinski definition) is 4. The lowest BCUT2D eigenvalue weighted by Crippen LogP contribution is -2.55. The normalized spacial score (nSPS) is 24.2. The summed E-state index contributed by atoms with van der Waals surface area (Å²) in [5.74, 6) is 5.21. The summed E-state index contributed by atoms with van der Waals surface area (Å²) >= 11 is 0. The summed E-state index contributed by atoms with van der Waals surface area (Å²) in [6.07, 6.45) is 6.84. The quantitative estimate of drug-likeness (QED) is 0.190. The molecule has 0 saturated heterocycles. The molecule has 244 valence electrons. The molecule has 2 heterocycles. The van der Waals surface area contributed by atoms with Crippen LogP contribution in [0.5, 0.6) is 0 Å². The molecule has 0 N–H and O–H groups in total. The highest BCUT2D eigenvalue weighted by molar-refractivity contribution is 6.06. The van der Waals surface area contributed by atoms with Crippen LogP contribution >= 0.6 is 0 Å². The van der Waals surface area contributed by atoms with E-state index in [1.807, 2.05) is 24.3 Å². The Hall–Kier alpha value is -5.61. The molecule has 6 aromatic carbocycles. The average molecular weight is 658 g/mol. The average Bonchev–Trinajstić information content (AvgIpc) is 3.68. The van der Waals surface area contributed by atoms with Gasteiger partial charge in [-0.15, -0.1) is 0 Å². The molecule has 0 atom stereocenters. The molecule has 5 aliphatic rings. The number of benzene rings is 6. The van der Waals surface area contributed by atoms with Crippen LogP contribution < -0.4 is 0 Å². The fourth-order valence-electron chi connectivity index (χ4n) is 11.2. The van der Waals surface area contributed by atoms with Crippen molar-refractivity contribution in [2.75, 3.05) is 0 Å². The third-order valence-corrected chi connectivity index (χ3v) is 13.1. The first-order chi connectivity index (χ1) is 25.2. The highest BCUT2D eigenvalue weighted by atomic mass is 16.3. The second kappa shape index (κ2) is 10.2. The van der Waals surface area contributed by atoms with Gasteiger partial charge in [0.1, 0.15) is 11.2 Å². The van der Waals surface area contributed by atoms with Gasteiger partial charge in [-0.25, -0.2) is 15.0 Å². The molecule has 0 radical (unpaired) electrons. The lowest BCUT2D eigenvalue weighted by Gasteiger charge is -2.61. The number of nitrogens with zero attached hydrogens (tertiary/aromatic N) is 3. The van der Waals surface area contributed by atoms with E-state index < -0.39 is 0 Å². The van der Waals surface area contributed by atoms with Crippen molar-refractivity contribution in [1.82, 2.24) is 15.0 Å². The van der Waals surface area contributed by atoms with Crippen LogP contribution in [0, 0.1) is 23.7 Å². The second-order valence-electron chi connectivity index (χ2n) is 15.7. The van der Waals surface area contributed by atoms with E-state index in [0.717, 1.165) is 56.3 Å². The highest BCUT2D eigenvalue weighted by Crippen LogP contribution is 2.69. The molecule has 4 heteroatoms. The molecule has 51 heavy (non-hydrogen) atoms. The lowest BCUT2D eigenvalue weighted by atomic mass is 9.43. The van der Waals surface area contributed by atoms with Crippen molar-refractivity contribution < 1.29 is 4.42 Å². The molecule has 4 bridgehead atoms. The first-order valence-electron chi connectivity index (χ1n) is 18.6. The topological polar surface area (TPSA) is 51.8 Å². The van der Waals surface area contributed by atoms with Gasteiger partial charge in [0.25, 0.3) is 0 Å². The number of aromatic nitrogens is 3. The molecule has 13 rings (SSSR count). The predicted octanol–water partition coefficient (Wildman–Crippen LogP) is 11.6. The SMILES string of the molecule is c1ccc(-c2nc(-c3ccc4c(c3)C3(c5cc6ccccc6cc5-4)C4CC5CC(C4)CC3C5)nc(-c3ccc4oc5ccccc5c4c3)n2)cc1. The zero-order chi connectivity index (χ0) is 33.3. The number of fused-ring (bicyclic) bond motifs is 7. The summed E-state index contributed by atoms with van der Waals surface area (Å²) in [7, 11) is 0. The van der Waals surface area contributed by atoms with E-state index in [1.165, 1.54) is 59.6 Å². The van der Waals surface area contributed by atoms with E-state index in [0.29, 0.717) is 23.5 Å². The monoisotopic (exact) mass is 657 g/mol. The van der Waals surface area contributed by atoms with Crippen LogP contribution in [0.2, 0.25) is 0 Å².